The summed E-state index contributed by atoms with van der Waals surface area (Å²) in [6.07, 6.45) is 3.70. The first kappa shape index (κ1) is 14.5. The second-order valence-corrected chi connectivity index (χ2v) is 4.90. The van der Waals surface area contributed by atoms with Crippen molar-refractivity contribution in [2.24, 2.45) is 5.92 Å². The van der Waals surface area contributed by atoms with E-state index in [-0.39, 0.29) is 18.4 Å². The lowest BCUT2D eigenvalue weighted by Gasteiger charge is -2.09. The van der Waals surface area contributed by atoms with Crippen molar-refractivity contribution in [2.45, 2.75) is 12.8 Å². The van der Waals surface area contributed by atoms with E-state index >= 15 is 0 Å². The van der Waals surface area contributed by atoms with Crippen LogP contribution >= 0.6 is 0 Å². The number of aromatic nitrogens is 1. The summed E-state index contributed by atoms with van der Waals surface area (Å²) in [5.41, 5.74) is 0.317. The van der Waals surface area contributed by atoms with E-state index in [1.807, 2.05) is 0 Å². The van der Waals surface area contributed by atoms with Crippen LogP contribution in [0.3, 0.4) is 0 Å². The second-order valence-electron chi connectivity index (χ2n) is 4.90. The molecule has 0 radical (unpaired) electrons. The molecule has 1 aromatic heterocycles. The Kier molecular flexibility index (Phi) is 5.49. The molecule has 1 aliphatic heterocycles. The van der Waals surface area contributed by atoms with Crippen molar-refractivity contribution >= 4 is 11.8 Å². The van der Waals surface area contributed by atoms with E-state index in [9.17, 15) is 9.59 Å². The number of rotatable bonds is 6. The molecule has 0 saturated carbocycles. The van der Waals surface area contributed by atoms with Gasteiger partial charge in [0.15, 0.2) is 0 Å². The van der Waals surface area contributed by atoms with E-state index < -0.39 is 0 Å². The van der Waals surface area contributed by atoms with Crippen LogP contribution in [0.15, 0.2) is 24.4 Å². The number of hydrogen-bond acceptors (Lipinski definition) is 4. The summed E-state index contributed by atoms with van der Waals surface area (Å²) in [7, 11) is 0. The van der Waals surface area contributed by atoms with Gasteiger partial charge in [-0.05, 0) is 44.0 Å². The van der Waals surface area contributed by atoms with Gasteiger partial charge in [-0.2, -0.15) is 0 Å². The maximum Gasteiger partial charge on any atom is 0.270 e. The van der Waals surface area contributed by atoms with Crippen molar-refractivity contribution in [1.29, 1.82) is 0 Å². The van der Waals surface area contributed by atoms with Crippen molar-refractivity contribution in [3.63, 3.8) is 0 Å². The summed E-state index contributed by atoms with van der Waals surface area (Å²) in [5, 5.41) is 8.66. The van der Waals surface area contributed by atoms with Crippen LogP contribution in [0.5, 0.6) is 0 Å². The maximum atomic E-state index is 11.7. The third-order valence-electron chi connectivity index (χ3n) is 3.34. The lowest BCUT2D eigenvalue weighted by molar-refractivity contribution is -0.120. The number of carbonyl (C=O) groups is 2. The zero-order valence-electron chi connectivity index (χ0n) is 11.4. The van der Waals surface area contributed by atoms with E-state index in [0.717, 1.165) is 19.5 Å². The first-order valence-corrected chi connectivity index (χ1v) is 6.92. The topological polar surface area (TPSA) is 83.1 Å². The third-order valence-corrected chi connectivity index (χ3v) is 3.34. The Morgan fingerprint density at radius 3 is 2.95 bits per heavy atom. The molecule has 2 rings (SSSR count). The first-order valence-electron chi connectivity index (χ1n) is 6.92. The number of carbonyl (C=O) groups excluding carboxylic acids is 2. The fourth-order valence-corrected chi connectivity index (χ4v) is 2.19. The molecule has 0 spiro atoms. The predicted molar refractivity (Wildman–Crippen MR) is 75.2 cm³/mol. The minimum absolute atomic E-state index is 0.0156. The van der Waals surface area contributed by atoms with Crippen LogP contribution in [0.2, 0.25) is 0 Å². The van der Waals surface area contributed by atoms with Crippen LogP contribution in [-0.2, 0) is 4.79 Å². The average molecular weight is 276 g/mol. The second kappa shape index (κ2) is 7.59. The van der Waals surface area contributed by atoms with Crippen molar-refractivity contribution in [2.75, 3.05) is 26.2 Å². The number of nitrogens with one attached hydrogen (secondary N) is 3. The van der Waals surface area contributed by atoms with Crippen LogP contribution < -0.4 is 16.0 Å². The molecule has 0 aliphatic carbocycles. The molecule has 1 aliphatic rings. The highest BCUT2D eigenvalue weighted by molar-refractivity contribution is 5.94. The molecule has 1 saturated heterocycles. The van der Waals surface area contributed by atoms with Gasteiger partial charge in [0, 0.05) is 12.7 Å². The zero-order valence-corrected chi connectivity index (χ0v) is 11.4. The van der Waals surface area contributed by atoms with Gasteiger partial charge < -0.3 is 16.0 Å². The average Bonchev–Trinajstić information content (AvgIpc) is 2.99. The summed E-state index contributed by atoms with van der Waals surface area (Å²) in [5.74, 6) is 0.152. The normalized spacial score (nSPS) is 17.7. The van der Waals surface area contributed by atoms with Crippen LogP contribution in [-0.4, -0.2) is 43.0 Å². The fraction of sp³-hybridized carbons (Fsp3) is 0.500. The van der Waals surface area contributed by atoms with Gasteiger partial charge in [0.05, 0.1) is 6.54 Å². The Bertz CT molecular complexity index is 444. The molecule has 1 aromatic rings. The smallest absolute Gasteiger partial charge is 0.270 e. The molecule has 1 unspecified atom stereocenters. The molecule has 3 N–H and O–H groups in total. The Balaban J connectivity index is 1.61. The Hall–Kier alpha value is -1.95. The van der Waals surface area contributed by atoms with Crippen molar-refractivity contribution in [1.82, 2.24) is 20.9 Å². The molecule has 6 nitrogen and oxygen atoms in total. The Labute approximate surface area is 118 Å². The lowest BCUT2D eigenvalue weighted by Crippen LogP contribution is -2.38. The molecular weight excluding hydrogens is 256 g/mol. The molecule has 6 heteroatoms. The highest BCUT2D eigenvalue weighted by atomic mass is 16.2. The summed E-state index contributed by atoms with van der Waals surface area (Å²) >= 11 is 0. The molecule has 108 valence electrons. The standard InChI is InChI=1S/C14H20N4O2/c19-13(17-8-5-11-4-7-15-9-11)10-18-14(20)12-3-1-2-6-16-12/h1-3,6,11,15H,4-5,7-10H2,(H,17,19)(H,18,20). The zero-order chi connectivity index (χ0) is 14.2. The molecule has 2 amide bonds. The Morgan fingerprint density at radius 1 is 1.35 bits per heavy atom. The molecule has 0 aromatic carbocycles. The van der Waals surface area contributed by atoms with Crippen LogP contribution in [0.1, 0.15) is 23.3 Å². The fourth-order valence-electron chi connectivity index (χ4n) is 2.19. The van der Waals surface area contributed by atoms with Gasteiger partial charge >= 0.3 is 0 Å². The van der Waals surface area contributed by atoms with Crippen molar-refractivity contribution in [3.05, 3.63) is 30.1 Å². The maximum absolute atomic E-state index is 11.7. The summed E-state index contributed by atoms with van der Waals surface area (Å²) in [4.78, 5) is 27.2. The molecule has 1 atom stereocenters. The van der Waals surface area contributed by atoms with Crippen molar-refractivity contribution < 1.29 is 9.59 Å². The van der Waals surface area contributed by atoms with E-state index in [2.05, 4.69) is 20.9 Å². The molecule has 2 heterocycles. The minimum atomic E-state index is -0.333. The van der Waals surface area contributed by atoms with Gasteiger partial charge in [-0.1, -0.05) is 6.07 Å². The van der Waals surface area contributed by atoms with Gasteiger partial charge in [-0.3, -0.25) is 14.6 Å². The van der Waals surface area contributed by atoms with Gasteiger partial charge in [-0.15, -0.1) is 0 Å². The number of pyridine rings is 1. The summed E-state index contributed by atoms with van der Waals surface area (Å²) < 4.78 is 0. The predicted octanol–water partition coefficient (Wildman–Crippen LogP) is -0.0728. The SMILES string of the molecule is O=C(CNC(=O)c1ccccn1)NCCC1CCNC1. The summed E-state index contributed by atoms with van der Waals surface area (Å²) in [6, 6.07) is 5.08. The number of hydrogen-bond donors (Lipinski definition) is 3. The minimum Gasteiger partial charge on any atom is -0.355 e. The van der Waals surface area contributed by atoms with Gasteiger partial charge in [-0.25, -0.2) is 0 Å². The highest BCUT2D eigenvalue weighted by Gasteiger charge is 2.14. The largest absolute Gasteiger partial charge is 0.355 e. The van der Waals surface area contributed by atoms with Gasteiger partial charge in [0.2, 0.25) is 5.91 Å². The molecule has 20 heavy (non-hydrogen) atoms. The Morgan fingerprint density at radius 2 is 2.25 bits per heavy atom. The van der Waals surface area contributed by atoms with E-state index in [0.29, 0.717) is 18.2 Å². The van der Waals surface area contributed by atoms with Crippen LogP contribution in [0.25, 0.3) is 0 Å². The number of nitrogens with zero attached hydrogens (tertiary/aromatic N) is 1. The first-order chi connectivity index (χ1) is 9.75. The van der Waals surface area contributed by atoms with Gasteiger partial charge in [0.1, 0.15) is 5.69 Å². The molecule has 1 fully saturated rings. The quantitative estimate of drug-likeness (QED) is 0.679. The van der Waals surface area contributed by atoms with Crippen LogP contribution in [0.4, 0.5) is 0 Å². The number of amides is 2. The highest BCUT2D eigenvalue weighted by Crippen LogP contribution is 2.10. The van der Waals surface area contributed by atoms with E-state index in [1.165, 1.54) is 6.42 Å². The monoisotopic (exact) mass is 276 g/mol. The van der Waals surface area contributed by atoms with Crippen molar-refractivity contribution in [3.8, 4) is 0 Å². The van der Waals surface area contributed by atoms with E-state index in [4.69, 9.17) is 0 Å². The van der Waals surface area contributed by atoms with E-state index in [1.54, 1.807) is 24.4 Å². The molecular formula is C14H20N4O2. The molecule has 0 bridgehead atoms. The lowest BCUT2D eigenvalue weighted by atomic mass is 10.1. The van der Waals surface area contributed by atoms with Crippen LogP contribution in [0, 0.1) is 5.92 Å². The van der Waals surface area contributed by atoms with Gasteiger partial charge in [0.25, 0.3) is 5.91 Å². The summed E-state index contributed by atoms with van der Waals surface area (Å²) in [6.45, 7) is 2.74. The third kappa shape index (κ3) is 4.62.